The number of aryl methyl sites for hydroxylation is 1. The van der Waals surface area contributed by atoms with Gasteiger partial charge in [-0.3, -0.25) is 4.99 Å². The minimum absolute atomic E-state index is 0. The molecule has 0 aliphatic heterocycles. The summed E-state index contributed by atoms with van der Waals surface area (Å²) in [5, 5.41) is 9.21. The zero-order chi connectivity index (χ0) is 19.6. The molecule has 0 saturated heterocycles. The zero-order valence-corrected chi connectivity index (χ0v) is 19.5. The Morgan fingerprint density at radius 2 is 1.81 bits per heavy atom. The number of halogens is 1. The number of hydrogen-bond donors (Lipinski definition) is 3. The van der Waals surface area contributed by atoms with Crippen molar-refractivity contribution in [3.63, 3.8) is 0 Å². The summed E-state index contributed by atoms with van der Waals surface area (Å²) in [7, 11) is 3.39. The van der Waals surface area contributed by atoms with E-state index in [2.05, 4.69) is 27.0 Å². The van der Waals surface area contributed by atoms with Crippen molar-refractivity contribution in [2.24, 2.45) is 4.99 Å². The van der Waals surface area contributed by atoms with Gasteiger partial charge >= 0.3 is 6.09 Å². The van der Waals surface area contributed by atoms with Crippen molar-refractivity contribution in [1.29, 1.82) is 0 Å². The molecule has 0 saturated carbocycles. The van der Waals surface area contributed by atoms with Crippen molar-refractivity contribution >= 4 is 36.0 Å². The number of aliphatic imine (C=N–C) groups is 1. The molecule has 0 atom stereocenters. The van der Waals surface area contributed by atoms with Crippen LogP contribution in [0.2, 0.25) is 0 Å². The van der Waals surface area contributed by atoms with E-state index in [-0.39, 0.29) is 24.0 Å². The van der Waals surface area contributed by atoms with Crippen molar-refractivity contribution in [3.05, 3.63) is 29.3 Å². The normalized spacial score (nSPS) is 11.3. The van der Waals surface area contributed by atoms with Crippen molar-refractivity contribution in [3.8, 4) is 5.75 Å². The van der Waals surface area contributed by atoms with Crippen LogP contribution >= 0.6 is 24.0 Å². The van der Waals surface area contributed by atoms with Gasteiger partial charge in [-0.15, -0.1) is 24.0 Å². The van der Waals surface area contributed by atoms with Gasteiger partial charge in [-0.2, -0.15) is 0 Å². The lowest BCUT2D eigenvalue weighted by molar-refractivity contribution is 0.0527. The van der Waals surface area contributed by atoms with E-state index in [4.69, 9.17) is 9.47 Å². The zero-order valence-electron chi connectivity index (χ0n) is 17.1. The molecule has 1 aromatic rings. The number of rotatable bonds is 7. The summed E-state index contributed by atoms with van der Waals surface area (Å²) in [6.45, 7) is 9.38. The number of nitrogens with one attached hydrogen (secondary N) is 3. The summed E-state index contributed by atoms with van der Waals surface area (Å²) in [6, 6.07) is 6.10. The van der Waals surface area contributed by atoms with E-state index in [9.17, 15) is 4.79 Å². The second kappa shape index (κ2) is 12.6. The van der Waals surface area contributed by atoms with Crippen molar-refractivity contribution < 1.29 is 14.3 Å². The molecular formula is C19H33IN4O3. The van der Waals surface area contributed by atoms with Gasteiger partial charge in [-0.25, -0.2) is 4.79 Å². The van der Waals surface area contributed by atoms with Gasteiger partial charge in [0.25, 0.3) is 0 Å². The first kappa shape index (κ1) is 25.3. The van der Waals surface area contributed by atoms with Crippen LogP contribution in [-0.2, 0) is 11.3 Å². The molecule has 154 valence electrons. The maximum atomic E-state index is 11.6. The first-order chi connectivity index (χ1) is 12.2. The monoisotopic (exact) mass is 492 g/mol. The fraction of sp³-hybridized carbons (Fsp3) is 0.579. The van der Waals surface area contributed by atoms with E-state index >= 15 is 0 Å². The Bertz CT molecular complexity index is 615. The van der Waals surface area contributed by atoms with Crippen molar-refractivity contribution in [2.75, 3.05) is 27.2 Å². The first-order valence-electron chi connectivity index (χ1n) is 8.80. The lowest BCUT2D eigenvalue weighted by atomic mass is 10.1. The number of ether oxygens (including phenoxy) is 2. The van der Waals surface area contributed by atoms with E-state index in [0.717, 1.165) is 23.3 Å². The summed E-state index contributed by atoms with van der Waals surface area (Å²) in [4.78, 5) is 15.8. The van der Waals surface area contributed by atoms with E-state index < -0.39 is 11.7 Å². The van der Waals surface area contributed by atoms with Gasteiger partial charge in [0.1, 0.15) is 11.4 Å². The van der Waals surface area contributed by atoms with Crippen LogP contribution in [-0.4, -0.2) is 44.9 Å². The van der Waals surface area contributed by atoms with Crippen LogP contribution in [0.15, 0.2) is 23.2 Å². The predicted octanol–water partition coefficient (Wildman–Crippen LogP) is 3.20. The van der Waals surface area contributed by atoms with Crippen LogP contribution in [0.4, 0.5) is 4.79 Å². The highest BCUT2D eigenvalue weighted by Crippen LogP contribution is 2.19. The lowest BCUT2D eigenvalue weighted by Gasteiger charge is -2.19. The molecule has 0 spiro atoms. The van der Waals surface area contributed by atoms with E-state index in [1.807, 2.05) is 39.8 Å². The molecule has 1 aromatic carbocycles. The van der Waals surface area contributed by atoms with Crippen LogP contribution in [0, 0.1) is 6.92 Å². The molecule has 0 aliphatic rings. The molecule has 0 unspecified atom stereocenters. The quantitative estimate of drug-likeness (QED) is 0.236. The number of nitrogens with zero attached hydrogens (tertiary/aromatic N) is 1. The molecule has 0 aliphatic carbocycles. The molecule has 0 fully saturated rings. The summed E-state index contributed by atoms with van der Waals surface area (Å²) in [5.41, 5.74) is 1.74. The van der Waals surface area contributed by atoms with Crippen LogP contribution in [0.1, 0.15) is 38.3 Å². The molecule has 27 heavy (non-hydrogen) atoms. The molecule has 0 heterocycles. The molecule has 7 nitrogen and oxygen atoms in total. The minimum Gasteiger partial charge on any atom is -0.496 e. The number of hydrogen-bond acceptors (Lipinski definition) is 4. The van der Waals surface area contributed by atoms with E-state index in [0.29, 0.717) is 25.6 Å². The molecule has 1 amide bonds. The van der Waals surface area contributed by atoms with Gasteiger partial charge in [0.2, 0.25) is 0 Å². The Hall–Kier alpha value is -1.71. The second-order valence-corrected chi connectivity index (χ2v) is 6.95. The summed E-state index contributed by atoms with van der Waals surface area (Å²) in [6.07, 6.45) is 0.361. The van der Waals surface area contributed by atoms with E-state index in [1.165, 1.54) is 0 Å². The maximum absolute atomic E-state index is 11.6. The molecule has 8 heteroatoms. The van der Waals surface area contributed by atoms with Crippen molar-refractivity contribution in [1.82, 2.24) is 16.0 Å². The summed E-state index contributed by atoms with van der Waals surface area (Å²) < 4.78 is 10.6. The third kappa shape index (κ3) is 10.9. The van der Waals surface area contributed by atoms with E-state index in [1.54, 1.807) is 14.2 Å². The number of amides is 1. The highest BCUT2D eigenvalue weighted by atomic mass is 127. The Labute approximate surface area is 179 Å². The van der Waals surface area contributed by atoms with Crippen LogP contribution in [0.25, 0.3) is 0 Å². The maximum Gasteiger partial charge on any atom is 0.407 e. The van der Waals surface area contributed by atoms with Gasteiger partial charge < -0.3 is 25.4 Å². The number of carbonyl (C=O) groups is 1. The fourth-order valence-electron chi connectivity index (χ4n) is 2.20. The number of guanidine groups is 1. The first-order valence-corrected chi connectivity index (χ1v) is 8.80. The van der Waals surface area contributed by atoms with Crippen molar-refractivity contribution in [2.45, 2.75) is 46.3 Å². The van der Waals surface area contributed by atoms with Crippen LogP contribution < -0.4 is 20.7 Å². The number of carbonyl (C=O) groups excluding carboxylic acids is 1. The largest absolute Gasteiger partial charge is 0.496 e. The van der Waals surface area contributed by atoms with Gasteiger partial charge in [-0.1, -0.05) is 12.1 Å². The van der Waals surface area contributed by atoms with Gasteiger partial charge in [0, 0.05) is 32.2 Å². The minimum atomic E-state index is -0.481. The third-order valence-corrected chi connectivity index (χ3v) is 3.43. The van der Waals surface area contributed by atoms with Gasteiger partial charge in [0.15, 0.2) is 5.96 Å². The Morgan fingerprint density at radius 1 is 1.15 bits per heavy atom. The second-order valence-electron chi connectivity index (χ2n) is 6.95. The van der Waals surface area contributed by atoms with Gasteiger partial charge in [-0.05, 0) is 45.7 Å². The Morgan fingerprint density at radius 3 is 2.41 bits per heavy atom. The average molecular weight is 492 g/mol. The number of methoxy groups -OCH3 is 1. The highest BCUT2D eigenvalue weighted by Gasteiger charge is 2.15. The lowest BCUT2D eigenvalue weighted by Crippen LogP contribution is -2.39. The molecule has 0 bridgehead atoms. The summed E-state index contributed by atoms with van der Waals surface area (Å²) >= 11 is 0. The molecule has 1 rings (SSSR count). The third-order valence-electron chi connectivity index (χ3n) is 3.43. The fourth-order valence-corrected chi connectivity index (χ4v) is 2.20. The van der Waals surface area contributed by atoms with Crippen LogP contribution in [0.5, 0.6) is 5.75 Å². The molecule has 0 aromatic heterocycles. The molecular weight excluding hydrogens is 459 g/mol. The van der Waals surface area contributed by atoms with Crippen LogP contribution in [0.3, 0.4) is 0 Å². The molecule has 0 radical (unpaired) electrons. The number of alkyl carbamates (subject to hydrolysis) is 1. The molecule has 3 N–H and O–H groups in total. The predicted molar refractivity (Wildman–Crippen MR) is 120 cm³/mol. The Kier molecular flexibility index (Phi) is 11.8. The Balaban J connectivity index is 0.00000676. The standard InChI is InChI=1S/C19H32N4O3.HI/c1-14-8-9-15(16(12-14)25-6)13-23-17(20-5)21-10-7-11-22-18(24)26-19(2,3)4;/h8-9,12H,7,10-11,13H2,1-6H3,(H,22,24)(H2,20,21,23);1H. The van der Waals surface area contributed by atoms with Gasteiger partial charge in [0.05, 0.1) is 7.11 Å². The number of benzene rings is 1. The average Bonchev–Trinajstić information content (AvgIpc) is 2.56. The smallest absolute Gasteiger partial charge is 0.407 e. The highest BCUT2D eigenvalue weighted by molar-refractivity contribution is 14.0. The topological polar surface area (TPSA) is 84.0 Å². The SMILES string of the molecule is CN=C(NCCCNC(=O)OC(C)(C)C)NCc1ccc(C)cc1OC.I. The summed E-state index contributed by atoms with van der Waals surface area (Å²) in [5.74, 6) is 1.56.